The molecular weight excluding hydrogens is 244 g/mol. The van der Waals surface area contributed by atoms with E-state index in [2.05, 4.69) is 0 Å². The summed E-state index contributed by atoms with van der Waals surface area (Å²) in [5.41, 5.74) is 1.93. The van der Waals surface area contributed by atoms with Crippen LogP contribution in [-0.4, -0.2) is 14.2 Å². The van der Waals surface area contributed by atoms with Crippen LogP contribution in [0.1, 0.15) is 19.4 Å². The van der Waals surface area contributed by atoms with Gasteiger partial charge in [0.05, 0.1) is 15.7 Å². The molecule has 0 amide bonds. The summed E-state index contributed by atoms with van der Waals surface area (Å²) in [6.07, 6.45) is 1.69. The highest BCUT2D eigenvalue weighted by atomic mass is 35.5. The standard InChI is InChI=1S/C12H15ClO2S/c1-9(2)6-7-16(14,15)12-5-4-10(3)8-11(12)13/h4-6,8H,7H2,1-3H3. The topological polar surface area (TPSA) is 34.1 Å². The monoisotopic (exact) mass is 258 g/mol. The Bertz CT molecular complexity index is 512. The highest BCUT2D eigenvalue weighted by Gasteiger charge is 2.16. The number of rotatable bonds is 3. The van der Waals surface area contributed by atoms with Crippen LogP contribution in [0.25, 0.3) is 0 Å². The number of benzene rings is 1. The first kappa shape index (κ1) is 13.3. The molecule has 1 rings (SSSR count). The smallest absolute Gasteiger partial charge is 0.183 e. The van der Waals surface area contributed by atoms with Crippen molar-refractivity contribution in [1.82, 2.24) is 0 Å². The maximum absolute atomic E-state index is 11.9. The Morgan fingerprint density at radius 2 is 2.00 bits per heavy atom. The van der Waals surface area contributed by atoms with Gasteiger partial charge in [0, 0.05) is 0 Å². The number of hydrogen-bond acceptors (Lipinski definition) is 2. The maximum atomic E-state index is 11.9. The van der Waals surface area contributed by atoms with Crippen molar-refractivity contribution in [3.63, 3.8) is 0 Å². The molecule has 2 nitrogen and oxygen atoms in total. The first-order chi connectivity index (χ1) is 7.33. The second kappa shape index (κ2) is 5.02. The Morgan fingerprint density at radius 1 is 1.38 bits per heavy atom. The van der Waals surface area contributed by atoms with Gasteiger partial charge in [-0.2, -0.15) is 0 Å². The van der Waals surface area contributed by atoms with Crippen LogP contribution in [0.3, 0.4) is 0 Å². The second-order valence-electron chi connectivity index (χ2n) is 4.00. The molecule has 1 aromatic rings. The molecule has 0 fully saturated rings. The highest BCUT2D eigenvalue weighted by Crippen LogP contribution is 2.23. The van der Waals surface area contributed by atoms with Gasteiger partial charge >= 0.3 is 0 Å². The molecule has 88 valence electrons. The molecule has 0 radical (unpaired) electrons. The number of sulfone groups is 1. The lowest BCUT2D eigenvalue weighted by molar-refractivity contribution is 0.599. The third-order valence-corrected chi connectivity index (χ3v) is 4.19. The van der Waals surface area contributed by atoms with E-state index in [1.165, 1.54) is 0 Å². The van der Waals surface area contributed by atoms with Gasteiger partial charge in [0.1, 0.15) is 0 Å². The van der Waals surface area contributed by atoms with Gasteiger partial charge < -0.3 is 0 Å². The van der Waals surface area contributed by atoms with Crippen molar-refractivity contribution in [2.45, 2.75) is 25.7 Å². The molecule has 0 saturated heterocycles. The number of allylic oxidation sites excluding steroid dienone is 1. The molecule has 0 aromatic heterocycles. The van der Waals surface area contributed by atoms with Gasteiger partial charge in [0.2, 0.25) is 0 Å². The van der Waals surface area contributed by atoms with Gasteiger partial charge in [0.25, 0.3) is 0 Å². The molecular formula is C12H15ClO2S. The van der Waals surface area contributed by atoms with E-state index in [4.69, 9.17) is 11.6 Å². The van der Waals surface area contributed by atoms with E-state index in [1.54, 1.807) is 24.3 Å². The predicted molar refractivity (Wildman–Crippen MR) is 67.7 cm³/mol. The zero-order chi connectivity index (χ0) is 12.3. The third kappa shape index (κ3) is 3.35. The maximum Gasteiger partial charge on any atom is 0.183 e. The third-order valence-electron chi connectivity index (χ3n) is 2.13. The van der Waals surface area contributed by atoms with Crippen LogP contribution in [0.2, 0.25) is 5.02 Å². The molecule has 16 heavy (non-hydrogen) atoms. The molecule has 0 aliphatic heterocycles. The summed E-state index contributed by atoms with van der Waals surface area (Å²) in [5.74, 6) is -0.00187. The number of hydrogen-bond donors (Lipinski definition) is 0. The Morgan fingerprint density at radius 3 is 2.50 bits per heavy atom. The zero-order valence-electron chi connectivity index (χ0n) is 9.62. The fourth-order valence-electron chi connectivity index (χ4n) is 1.22. The zero-order valence-corrected chi connectivity index (χ0v) is 11.2. The summed E-state index contributed by atoms with van der Waals surface area (Å²) in [4.78, 5) is 0.206. The summed E-state index contributed by atoms with van der Waals surface area (Å²) in [7, 11) is -3.31. The highest BCUT2D eigenvalue weighted by molar-refractivity contribution is 7.91. The molecule has 0 atom stereocenters. The first-order valence-corrected chi connectivity index (χ1v) is 6.98. The molecule has 0 spiro atoms. The lowest BCUT2D eigenvalue weighted by Crippen LogP contribution is -2.05. The van der Waals surface area contributed by atoms with Crippen LogP contribution in [0, 0.1) is 6.92 Å². The van der Waals surface area contributed by atoms with E-state index in [-0.39, 0.29) is 10.6 Å². The van der Waals surface area contributed by atoms with E-state index in [1.807, 2.05) is 20.8 Å². The molecule has 4 heteroatoms. The van der Waals surface area contributed by atoms with Gasteiger partial charge in [-0.15, -0.1) is 0 Å². The largest absolute Gasteiger partial charge is 0.223 e. The summed E-state index contributed by atoms with van der Waals surface area (Å²) in [6, 6.07) is 4.98. The van der Waals surface area contributed by atoms with Gasteiger partial charge in [-0.05, 0) is 38.5 Å². The minimum absolute atomic E-state index is 0.00187. The van der Waals surface area contributed by atoms with Crippen molar-refractivity contribution in [2.75, 3.05) is 5.75 Å². The van der Waals surface area contributed by atoms with Crippen molar-refractivity contribution in [2.24, 2.45) is 0 Å². The number of halogens is 1. The van der Waals surface area contributed by atoms with Crippen molar-refractivity contribution in [1.29, 1.82) is 0 Å². The molecule has 0 aliphatic rings. The minimum atomic E-state index is -3.31. The SMILES string of the molecule is CC(C)=CCS(=O)(=O)c1ccc(C)cc1Cl. The molecule has 0 saturated carbocycles. The van der Waals surface area contributed by atoms with Crippen LogP contribution in [-0.2, 0) is 9.84 Å². The van der Waals surface area contributed by atoms with Crippen LogP contribution in [0.5, 0.6) is 0 Å². The van der Waals surface area contributed by atoms with E-state index in [9.17, 15) is 8.42 Å². The van der Waals surface area contributed by atoms with Crippen molar-refractivity contribution in [3.05, 3.63) is 40.4 Å². The first-order valence-electron chi connectivity index (χ1n) is 4.95. The Kier molecular flexibility index (Phi) is 4.16. The molecule has 0 bridgehead atoms. The van der Waals surface area contributed by atoms with Crippen LogP contribution in [0.15, 0.2) is 34.7 Å². The van der Waals surface area contributed by atoms with Crippen molar-refractivity contribution >= 4 is 21.4 Å². The summed E-state index contributed by atoms with van der Waals surface area (Å²) < 4.78 is 23.9. The molecule has 0 aliphatic carbocycles. The second-order valence-corrected chi connectivity index (χ2v) is 6.41. The van der Waals surface area contributed by atoms with Gasteiger partial charge in [-0.1, -0.05) is 29.3 Å². The lowest BCUT2D eigenvalue weighted by Gasteiger charge is -2.05. The molecule has 0 N–H and O–H groups in total. The molecule has 0 unspecified atom stereocenters. The van der Waals surface area contributed by atoms with Gasteiger partial charge in [-0.25, -0.2) is 8.42 Å². The molecule has 1 aromatic carbocycles. The lowest BCUT2D eigenvalue weighted by atomic mass is 10.2. The van der Waals surface area contributed by atoms with Crippen molar-refractivity contribution in [3.8, 4) is 0 Å². The fourth-order valence-corrected chi connectivity index (χ4v) is 3.18. The van der Waals surface area contributed by atoms with E-state index < -0.39 is 9.84 Å². The quantitative estimate of drug-likeness (QED) is 0.779. The predicted octanol–water partition coefficient (Wildman–Crippen LogP) is 3.39. The average molecular weight is 259 g/mol. The fraction of sp³-hybridized carbons (Fsp3) is 0.333. The Labute approximate surface area is 102 Å². The van der Waals surface area contributed by atoms with E-state index in [0.29, 0.717) is 5.02 Å². The Hall–Kier alpha value is -0.800. The number of aryl methyl sites for hydroxylation is 1. The summed E-state index contributed by atoms with van der Waals surface area (Å²) in [6.45, 7) is 5.61. The minimum Gasteiger partial charge on any atom is -0.223 e. The van der Waals surface area contributed by atoms with Gasteiger partial charge in [0.15, 0.2) is 9.84 Å². The molecule has 0 heterocycles. The normalized spacial score (nSPS) is 11.2. The van der Waals surface area contributed by atoms with Crippen LogP contribution in [0.4, 0.5) is 0 Å². The van der Waals surface area contributed by atoms with Gasteiger partial charge in [-0.3, -0.25) is 0 Å². The summed E-state index contributed by atoms with van der Waals surface area (Å²) in [5, 5.41) is 0.294. The van der Waals surface area contributed by atoms with E-state index >= 15 is 0 Å². The average Bonchev–Trinajstić information content (AvgIpc) is 2.14. The Balaban J connectivity index is 3.13. The van der Waals surface area contributed by atoms with E-state index in [0.717, 1.165) is 11.1 Å². The summed E-state index contributed by atoms with van der Waals surface area (Å²) >= 11 is 5.93. The van der Waals surface area contributed by atoms with Crippen LogP contribution >= 0.6 is 11.6 Å². The van der Waals surface area contributed by atoms with Crippen LogP contribution < -0.4 is 0 Å². The van der Waals surface area contributed by atoms with Crippen molar-refractivity contribution < 1.29 is 8.42 Å².